The number of ketones is 1. The summed E-state index contributed by atoms with van der Waals surface area (Å²) in [5.41, 5.74) is 2.95. The summed E-state index contributed by atoms with van der Waals surface area (Å²) < 4.78 is 5.26. The van der Waals surface area contributed by atoms with Crippen LogP contribution in [0.4, 0.5) is 16.2 Å². The summed E-state index contributed by atoms with van der Waals surface area (Å²) in [4.78, 5) is 31.3. The fourth-order valence-corrected chi connectivity index (χ4v) is 2.59. The SMILES string of the molecule is CC(=O)c1cccc(NC(=O)Nc2cccc3[nH]c(COCCO)nc23)c1. The zero-order valence-corrected chi connectivity index (χ0v) is 14.8. The third kappa shape index (κ3) is 4.69. The van der Waals surface area contributed by atoms with Crippen LogP contribution >= 0.6 is 0 Å². The number of urea groups is 1. The Morgan fingerprint density at radius 2 is 2.00 bits per heavy atom. The molecule has 0 spiro atoms. The van der Waals surface area contributed by atoms with Crippen LogP contribution in [-0.2, 0) is 11.3 Å². The average molecular weight is 368 g/mol. The molecule has 4 N–H and O–H groups in total. The van der Waals surface area contributed by atoms with Crippen molar-refractivity contribution in [1.29, 1.82) is 0 Å². The Hall–Kier alpha value is -3.23. The molecule has 0 atom stereocenters. The molecule has 0 bridgehead atoms. The van der Waals surface area contributed by atoms with Crippen molar-refractivity contribution in [3.63, 3.8) is 0 Å². The molecule has 1 aromatic heterocycles. The number of hydrogen-bond acceptors (Lipinski definition) is 5. The first kappa shape index (κ1) is 18.6. The number of Topliss-reactive ketones (excluding diaryl/α,β-unsaturated/α-hetero) is 1. The number of nitrogens with one attached hydrogen (secondary N) is 3. The van der Waals surface area contributed by atoms with Gasteiger partial charge in [-0.05, 0) is 31.2 Å². The Morgan fingerprint density at radius 3 is 2.78 bits per heavy atom. The Bertz CT molecular complexity index is 967. The van der Waals surface area contributed by atoms with E-state index in [1.165, 1.54) is 6.92 Å². The number of benzene rings is 2. The number of rotatable bonds is 7. The molecule has 2 aromatic carbocycles. The quantitative estimate of drug-likeness (QED) is 0.378. The van der Waals surface area contributed by atoms with Gasteiger partial charge >= 0.3 is 6.03 Å². The minimum Gasteiger partial charge on any atom is -0.394 e. The van der Waals surface area contributed by atoms with E-state index >= 15 is 0 Å². The second-order valence-electron chi connectivity index (χ2n) is 5.88. The molecule has 0 fully saturated rings. The lowest BCUT2D eigenvalue weighted by Crippen LogP contribution is -2.19. The molecule has 3 rings (SSSR count). The van der Waals surface area contributed by atoms with Crippen LogP contribution in [0.3, 0.4) is 0 Å². The number of ether oxygens (including phenoxy) is 1. The van der Waals surface area contributed by atoms with Gasteiger partial charge < -0.3 is 25.5 Å². The predicted molar refractivity (Wildman–Crippen MR) is 102 cm³/mol. The fourth-order valence-electron chi connectivity index (χ4n) is 2.59. The number of carbonyl (C=O) groups excluding carboxylic acids is 2. The number of aromatic nitrogens is 2. The van der Waals surface area contributed by atoms with Gasteiger partial charge in [0.2, 0.25) is 0 Å². The van der Waals surface area contributed by atoms with Gasteiger partial charge in [-0.3, -0.25) is 4.79 Å². The molecule has 1 heterocycles. The van der Waals surface area contributed by atoms with Crippen molar-refractivity contribution in [2.45, 2.75) is 13.5 Å². The highest BCUT2D eigenvalue weighted by Gasteiger charge is 2.11. The lowest BCUT2D eigenvalue weighted by atomic mass is 10.1. The van der Waals surface area contributed by atoms with E-state index < -0.39 is 6.03 Å². The number of anilines is 2. The molecular formula is C19H20N4O4. The molecule has 0 saturated carbocycles. The summed E-state index contributed by atoms with van der Waals surface area (Å²) in [5, 5.41) is 14.2. The zero-order valence-electron chi connectivity index (χ0n) is 14.8. The third-order valence-corrected chi connectivity index (χ3v) is 3.81. The number of aliphatic hydroxyl groups is 1. The van der Waals surface area contributed by atoms with Crippen molar-refractivity contribution >= 4 is 34.2 Å². The van der Waals surface area contributed by atoms with E-state index in [1.54, 1.807) is 36.4 Å². The summed E-state index contributed by atoms with van der Waals surface area (Å²) in [5.74, 6) is 0.526. The second-order valence-corrected chi connectivity index (χ2v) is 5.88. The number of para-hydroxylation sites is 1. The minimum atomic E-state index is -0.440. The van der Waals surface area contributed by atoms with Gasteiger partial charge in [0.05, 0.1) is 24.4 Å². The lowest BCUT2D eigenvalue weighted by molar-refractivity contribution is 0.0782. The van der Waals surface area contributed by atoms with Crippen molar-refractivity contribution in [3.05, 3.63) is 53.9 Å². The summed E-state index contributed by atoms with van der Waals surface area (Å²) in [7, 11) is 0. The first-order valence-corrected chi connectivity index (χ1v) is 8.42. The molecule has 0 aliphatic rings. The molecule has 8 heteroatoms. The average Bonchev–Trinajstić information content (AvgIpc) is 3.06. The van der Waals surface area contributed by atoms with Crippen LogP contribution < -0.4 is 10.6 Å². The molecule has 0 aliphatic heterocycles. The van der Waals surface area contributed by atoms with Crippen LogP contribution in [0.5, 0.6) is 0 Å². The van der Waals surface area contributed by atoms with Crippen molar-refractivity contribution in [1.82, 2.24) is 9.97 Å². The van der Waals surface area contributed by atoms with Crippen LogP contribution in [-0.4, -0.2) is 40.1 Å². The molecule has 0 saturated heterocycles. The second kappa shape index (κ2) is 8.43. The van der Waals surface area contributed by atoms with Gasteiger partial charge in [0.15, 0.2) is 5.78 Å². The molecule has 8 nitrogen and oxygen atoms in total. The van der Waals surface area contributed by atoms with E-state index in [2.05, 4.69) is 20.6 Å². The van der Waals surface area contributed by atoms with Crippen LogP contribution in [0.2, 0.25) is 0 Å². The maximum atomic E-state index is 12.3. The van der Waals surface area contributed by atoms with E-state index in [0.717, 1.165) is 5.52 Å². The Kier molecular flexibility index (Phi) is 5.80. The fraction of sp³-hybridized carbons (Fsp3) is 0.211. The summed E-state index contributed by atoms with van der Waals surface area (Å²) >= 11 is 0. The number of aromatic amines is 1. The number of fused-ring (bicyclic) bond motifs is 1. The normalized spacial score (nSPS) is 10.7. The van der Waals surface area contributed by atoms with E-state index in [0.29, 0.717) is 28.3 Å². The number of amides is 2. The highest BCUT2D eigenvalue weighted by Crippen LogP contribution is 2.22. The van der Waals surface area contributed by atoms with Gasteiger partial charge in [-0.1, -0.05) is 18.2 Å². The Labute approximate surface area is 155 Å². The summed E-state index contributed by atoms with van der Waals surface area (Å²) in [6.07, 6.45) is 0. The maximum absolute atomic E-state index is 12.3. The van der Waals surface area contributed by atoms with E-state index in [1.807, 2.05) is 6.07 Å². The predicted octanol–water partition coefficient (Wildman–Crippen LogP) is 2.92. The van der Waals surface area contributed by atoms with Crippen molar-refractivity contribution < 1.29 is 19.4 Å². The van der Waals surface area contributed by atoms with Crippen molar-refractivity contribution in [2.24, 2.45) is 0 Å². The third-order valence-electron chi connectivity index (χ3n) is 3.81. The molecule has 140 valence electrons. The van der Waals surface area contributed by atoms with Gasteiger partial charge in [0.25, 0.3) is 0 Å². The highest BCUT2D eigenvalue weighted by atomic mass is 16.5. The van der Waals surface area contributed by atoms with Crippen molar-refractivity contribution in [2.75, 3.05) is 23.8 Å². The largest absolute Gasteiger partial charge is 0.394 e. The molecule has 3 aromatic rings. The molecule has 0 aliphatic carbocycles. The number of hydrogen-bond donors (Lipinski definition) is 4. The highest BCUT2D eigenvalue weighted by molar-refractivity contribution is 6.05. The minimum absolute atomic E-state index is 0.0575. The molecule has 0 radical (unpaired) electrons. The Balaban J connectivity index is 1.72. The zero-order chi connectivity index (χ0) is 19.2. The van der Waals surface area contributed by atoms with Crippen molar-refractivity contribution in [3.8, 4) is 0 Å². The summed E-state index contributed by atoms with van der Waals surface area (Å²) in [6, 6.07) is 11.7. The molecular weight excluding hydrogens is 348 g/mol. The van der Waals surface area contributed by atoms with E-state index in [4.69, 9.17) is 9.84 Å². The smallest absolute Gasteiger partial charge is 0.323 e. The van der Waals surface area contributed by atoms with Gasteiger partial charge in [-0.2, -0.15) is 0 Å². The van der Waals surface area contributed by atoms with Gasteiger partial charge in [-0.25, -0.2) is 9.78 Å². The topological polar surface area (TPSA) is 116 Å². The molecule has 0 unspecified atom stereocenters. The first-order chi connectivity index (χ1) is 13.1. The van der Waals surface area contributed by atoms with Crippen LogP contribution in [0.15, 0.2) is 42.5 Å². The van der Waals surface area contributed by atoms with Crippen LogP contribution in [0.25, 0.3) is 11.0 Å². The number of H-pyrrole nitrogens is 1. The number of carbonyl (C=O) groups is 2. The monoisotopic (exact) mass is 368 g/mol. The van der Waals surface area contributed by atoms with E-state index in [-0.39, 0.29) is 25.6 Å². The molecule has 2 amide bonds. The van der Waals surface area contributed by atoms with Gasteiger partial charge in [0.1, 0.15) is 17.9 Å². The molecule has 27 heavy (non-hydrogen) atoms. The maximum Gasteiger partial charge on any atom is 0.323 e. The van der Waals surface area contributed by atoms with Gasteiger partial charge in [0, 0.05) is 11.3 Å². The van der Waals surface area contributed by atoms with Gasteiger partial charge in [-0.15, -0.1) is 0 Å². The standard InChI is InChI=1S/C19H20N4O4/c1-12(25)13-4-2-5-14(10-13)20-19(26)22-16-7-3-6-15-18(16)23-17(21-15)11-27-9-8-24/h2-7,10,24H,8-9,11H2,1H3,(H,21,23)(H2,20,22,26). The Morgan fingerprint density at radius 1 is 1.19 bits per heavy atom. The van der Waals surface area contributed by atoms with E-state index in [9.17, 15) is 9.59 Å². The van der Waals surface area contributed by atoms with Crippen LogP contribution in [0, 0.1) is 0 Å². The number of imidazole rings is 1. The number of nitrogens with zero attached hydrogens (tertiary/aromatic N) is 1. The lowest BCUT2D eigenvalue weighted by Gasteiger charge is -2.09. The number of aliphatic hydroxyl groups excluding tert-OH is 1. The summed E-state index contributed by atoms with van der Waals surface area (Å²) in [6.45, 7) is 1.87. The first-order valence-electron chi connectivity index (χ1n) is 8.42. The van der Waals surface area contributed by atoms with Crippen LogP contribution in [0.1, 0.15) is 23.1 Å².